The van der Waals surface area contributed by atoms with Gasteiger partial charge in [-0.25, -0.2) is 0 Å². The zero-order valence-corrected chi connectivity index (χ0v) is 15.5. The molecule has 0 unspecified atom stereocenters. The van der Waals surface area contributed by atoms with Crippen LogP contribution in [0.5, 0.6) is 5.75 Å². The van der Waals surface area contributed by atoms with Gasteiger partial charge in [-0.1, -0.05) is 25.5 Å². The van der Waals surface area contributed by atoms with E-state index in [0.717, 1.165) is 18.4 Å². The molecule has 0 saturated carbocycles. The number of hydrogen-bond donors (Lipinski definition) is 2. The minimum Gasteiger partial charge on any atom is -0.497 e. The minimum absolute atomic E-state index is 0.172. The molecule has 6 heteroatoms. The third kappa shape index (κ3) is 6.86. The van der Waals surface area contributed by atoms with Crippen LogP contribution >= 0.6 is 0 Å². The van der Waals surface area contributed by atoms with Crippen molar-refractivity contribution in [2.45, 2.75) is 19.8 Å². The molecule has 0 spiro atoms. The van der Waals surface area contributed by atoms with Gasteiger partial charge < -0.3 is 19.8 Å². The topological polar surface area (TPSA) is 80.6 Å². The highest BCUT2D eigenvalue weighted by atomic mass is 16.5. The quantitative estimate of drug-likeness (QED) is 0.525. The molecule has 142 valence electrons. The number of carbonyl (C=O) groups excluding carboxylic acids is 2. The van der Waals surface area contributed by atoms with Gasteiger partial charge in [-0.15, -0.1) is 0 Å². The van der Waals surface area contributed by atoms with Crippen LogP contribution in [-0.4, -0.2) is 25.5 Å². The molecule has 0 saturated heterocycles. The second-order valence-electron chi connectivity index (χ2n) is 5.78. The van der Waals surface area contributed by atoms with Gasteiger partial charge >= 0.3 is 0 Å². The molecular weight excluding hydrogens is 344 g/mol. The Morgan fingerprint density at radius 3 is 2.59 bits per heavy atom. The number of furan rings is 1. The summed E-state index contributed by atoms with van der Waals surface area (Å²) >= 11 is 0. The molecule has 0 aliphatic carbocycles. The molecule has 1 aromatic carbocycles. The van der Waals surface area contributed by atoms with Crippen LogP contribution in [0, 0.1) is 0 Å². The SMILES string of the molecule is CCCCNC(=O)/C(=C/c1ccc(OC)cc1)NC(=O)C=Cc1ccco1. The Balaban J connectivity index is 2.13. The van der Waals surface area contributed by atoms with E-state index in [9.17, 15) is 9.59 Å². The summed E-state index contributed by atoms with van der Waals surface area (Å²) < 4.78 is 10.3. The van der Waals surface area contributed by atoms with Gasteiger partial charge in [0.1, 0.15) is 17.2 Å². The molecule has 2 rings (SSSR count). The van der Waals surface area contributed by atoms with Gasteiger partial charge in [0, 0.05) is 12.6 Å². The summed E-state index contributed by atoms with van der Waals surface area (Å²) in [6.07, 6.45) is 7.84. The Bertz CT molecular complexity index is 790. The van der Waals surface area contributed by atoms with Gasteiger partial charge in [-0.05, 0) is 48.4 Å². The first-order valence-electron chi connectivity index (χ1n) is 8.79. The van der Waals surface area contributed by atoms with Crippen LogP contribution in [-0.2, 0) is 9.59 Å². The van der Waals surface area contributed by atoms with Crippen molar-refractivity contribution in [3.05, 3.63) is 65.8 Å². The molecule has 2 aromatic rings. The summed E-state index contributed by atoms with van der Waals surface area (Å²) in [7, 11) is 1.59. The van der Waals surface area contributed by atoms with Gasteiger partial charge in [0.2, 0.25) is 5.91 Å². The lowest BCUT2D eigenvalue weighted by atomic mass is 10.1. The number of carbonyl (C=O) groups is 2. The molecule has 0 bridgehead atoms. The van der Waals surface area contributed by atoms with E-state index in [4.69, 9.17) is 9.15 Å². The number of methoxy groups -OCH3 is 1. The lowest BCUT2D eigenvalue weighted by Crippen LogP contribution is -2.34. The van der Waals surface area contributed by atoms with Crippen LogP contribution in [0.3, 0.4) is 0 Å². The summed E-state index contributed by atoms with van der Waals surface area (Å²) in [5.74, 6) is 0.514. The Kier molecular flexibility index (Phi) is 7.91. The standard InChI is InChI=1S/C21H24N2O4/c1-3-4-13-22-21(25)19(15-16-7-9-17(26-2)10-8-16)23-20(24)12-11-18-6-5-14-27-18/h5-12,14-15H,3-4,13H2,1-2H3,(H,22,25)(H,23,24)/b12-11?,19-15-. The molecule has 0 radical (unpaired) electrons. The summed E-state index contributed by atoms with van der Waals surface area (Å²) in [6.45, 7) is 2.59. The van der Waals surface area contributed by atoms with Gasteiger partial charge in [0.15, 0.2) is 0 Å². The summed E-state index contributed by atoms with van der Waals surface area (Å²) in [5.41, 5.74) is 0.942. The number of hydrogen-bond acceptors (Lipinski definition) is 4. The van der Waals surface area contributed by atoms with Crippen LogP contribution in [0.4, 0.5) is 0 Å². The molecule has 1 heterocycles. The predicted octanol–water partition coefficient (Wildman–Crippen LogP) is 3.38. The number of ether oxygens (including phenoxy) is 1. The summed E-state index contributed by atoms with van der Waals surface area (Å²) in [5, 5.41) is 5.45. The molecule has 0 aliphatic heterocycles. The number of benzene rings is 1. The van der Waals surface area contributed by atoms with E-state index in [2.05, 4.69) is 10.6 Å². The highest BCUT2D eigenvalue weighted by Gasteiger charge is 2.11. The summed E-state index contributed by atoms with van der Waals surface area (Å²) in [6, 6.07) is 10.7. The zero-order valence-electron chi connectivity index (χ0n) is 15.5. The van der Waals surface area contributed by atoms with Crippen molar-refractivity contribution >= 4 is 24.0 Å². The molecule has 27 heavy (non-hydrogen) atoms. The van der Waals surface area contributed by atoms with Crippen LogP contribution in [0.15, 0.2) is 58.9 Å². The lowest BCUT2D eigenvalue weighted by Gasteiger charge is -2.10. The maximum Gasteiger partial charge on any atom is 0.267 e. The first-order chi connectivity index (χ1) is 13.1. The highest BCUT2D eigenvalue weighted by Crippen LogP contribution is 2.13. The first kappa shape index (κ1) is 20.0. The van der Waals surface area contributed by atoms with Crippen molar-refractivity contribution in [2.24, 2.45) is 0 Å². The van der Waals surface area contributed by atoms with Crippen LogP contribution < -0.4 is 15.4 Å². The molecule has 2 N–H and O–H groups in total. The average molecular weight is 368 g/mol. The fourth-order valence-electron chi connectivity index (χ4n) is 2.22. The molecule has 0 atom stereocenters. The van der Waals surface area contributed by atoms with Crippen molar-refractivity contribution in [3.8, 4) is 5.75 Å². The third-order valence-corrected chi connectivity index (χ3v) is 3.69. The maximum atomic E-state index is 12.5. The van der Waals surface area contributed by atoms with E-state index in [0.29, 0.717) is 18.1 Å². The molecule has 2 amide bonds. The van der Waals surface area contributed by atoms with Crippen molar-refractivity contribution in [2.75, 3.05) is 13.7 Å². The lowest BCUT2D eigenvalue weighted by molar-refractivity contribution is -0.121. The van der Waals surface area contributed by atoms with Crippen LogP contribution in [0.25, 0.3) is 12.2 Å². The second-order valence-corrected chi connectivity index (χ2v) is 5.78. The van der Waals surface area contributed by atoms with E-state index in [1.807, 2.05) is 19.1 Å². The van der Waals surface area contributed by atoms with Crippen molar-refractivity contribution in [3.63, 3.8) is 0 Å². The Labute approximate surface area is 158 Å². The van der Waals surface area contributed by atoms with Gasteiger partial charge in [0.05, 0.1) is 13.4 Å². The zero-order chi connectivity index (χ0) is 19.5. The van der Waals surface area contributed by atoms with Crippen LogP contribution in [0.1, 0.15) is 31.1 Å². The van der Waals surface area contributed by atoms with E-state index in [1.54, 1.807) is 37.5 Å². The molecule has 0 fully saturated rings. The monoisotopic (exact) mass is 368 g/mol. The maximum absolute atomic E-state index is 12.5. The smallest absolute Gasteiger partial charge is 0.267 e. The molecule has 0 aliphatic rings. The van der Waals surface area contributed by atoms with Gasteiger partial charge in [-0.2, -0.15) is 0 Å². The Morgan fingerprint density at radius 1 is 1.19 bits per heavy atom. The number of nitrogens with one attached hydrogen (secondary N) is 2. The molecule has 6 nitrogen and oxygen atoms in total. The van der Waals surface area contributed by atoms with Gasteiger partial charge in [0.25, 0.3) is 5.91 Å². The van der Waals surface area contributed by atoms with Crippen LogP contribution in [0.2, 0.25) is 0 Å². The Morgan fingerprint density at radius 2 is 1.96 bits per heavy atom. The fourth-order valence-corrected chi connectivity index (χ4v) is 2.22. The fraction of sp³-hybridized carbons (Fsp3) is 0.238. The largest absolute Gasteiger partial charge is 0.497 e. The normalized spacial score (nSPS) is 11.4. The van der Waals surface area contributed by atoms with Crippen molar-refractivity contribution in [1.29, 1.82) is 0 Å². The number of unbranched alkanes of at least 4 members (excludes halogenated alkanes) is 1. The number of amides is 2. The van der Waals surface area contributed by atoms with E-state index in [1.165, 1.54) is 18.4 Å². The van der Waals surface area contributed by atoms with E-state index in [-0.39, 0.29) is 11.6 Å². The first-order valence-corrected chi connectivity index (χ1v) is 8.79. The van der Waals surface area contributed by atoms with Crippen molar-refractivity contribution in [1.82, 2.24) is 10.6 Å². The van der Waals surface area contributed by atoms with Gasteiger partial charge in [-0.3, -0.25) is 9.59 Å². The highest BCUT2D eigenvalue weighted by molar-refractivity contribution is 6.04. The number of rotatable bonds is 9. The average Bonchev–Trinajstić information content (AvgIpc) is 3.20. The summed E-state index contributed by atoms with van der Waals surface area (Å²) in [4.78, 5) is 24.6. The van der Waals surface area contributed by atoms with E-state index < -0.39 is 5.91 Å². The molecular formula is C21H24N2O4. The van der Waals surface area contributed by atoms with E-state index >= 15 is 0 Å². The minimum atomic E-state index is -0.420. The second kappa shape index (κ2) is 10.7. The predicted molar refractivity (Wildman–Crippen MR) is 105 cm³/mol. The Hall–Kier alpha value is -3.28. The molecule has 1 aromatic heterocycles. The van der Waals surface area contributed by atoms with Crippen molar-refractivity contribution < 1.29 is 18.7 Å². The third-order valence-electron chi connectivity index (χ3n) is 3.69.